The Balaban J connectivity index is 1.68. The minimum atomic E-state index is -1.88. The summed E-state index contributed by atoms with van der Waals surface area (Å²) in [5, 5.41) is 34.2. The SMILES string of the molecule is COC1C[C@H]2CC[C@@H](C)[C@@](O)(C2)C(=O)C(=O)N2CCCC[C@H]2C(=O)C[C@@H]([C@@H](C)CC2CC[C@@H](O)C(OC)C2)CC(=O)[C@@H](C)CC(C)[C@@H](O)C(OC)C(=O)[C@H](C)C[C@@H](C)/C=C/C=CC=C1C. The summed E-state index contributed by atoms with van der Waals surface area (Å²) in [5.41, 5.74) is -0.904. The van der Waals surface area contributed by atoms with Gasteiger partial charge in [0, 0.05) is 52.6 Å². The zero-order valence-electron chi connectivity index (χ0n) is 41.4. The van der Waals surface area contributed by atoms with Gasteiger partial charge < -0.3 is 34.4 Å². The maximum Gasteiger partial charge on any atom is 0.293 e. The van der Waals surface area contributed by atoms with Crippen LogP contribution in [-0.4, -0.2) is 119 Å². The van der Waals surface area contributed by atoms with Crippen LogP contribution in [0.4, 0.5) is 0 Å². The number of allylic oxidation sites excluding steroid dienone is 5. The summed E-state index contributed by atoms with van der Waals surface area (Å²) in [7, 11) is 4.68. The Bertz CT molecular complexity index is 1690. The lowest BCUT2D eigenvalue weighted by molar-refractivity contribution is -0.165. The van der Waals surface area contributed by atoms with Gasteiger partial charge in [-0.2, -0.15) is 0 Å². The number of carbonyl (C=O) groups excluding carboxylic acids is 5. The molecular formula is C53H85NO11. The highest BCUT2D eigenvalue weighted by molar-refractivity contribution is 6.39. The number of hydrogen-bond donors (Lipinski definition) is 3. The molecule has 368 valence electrons. The fourth-order valence-electron chi connectivity index (χ4n) is 11.5. The number of methoxy groups -OCH3 is 3. The molecule has 65 heavy (non-hydrogen) atoms. The van der Waals surface area contributed by atoms with E-state index in [1.807, 2.05) is 71.9 Å². The average Bonchev–Trinajstić information content (AvgIpc) is 3.28. The van der Waals surface area contributed by atoms with Gasteiger partial charge in [0.05, 0.1) is 30.5 Å². The largest absolute Gasteiger partial charge is 0.390 e. The normalized spacial score (nSPS) is 39.7. The molecule has 3 N–H and O–H groups in total. The van der Waals surface area contributed by atoms with Crippen LogP contribution in [0.2, 0.25) is 0 Å². The summed E-state index contributed by atoms with van der Waals surface area (Å²) < 4.78 is 17.2. The van der Waals surface area contributed by atoms with Crippen LogP contribution < -0.4 is 0 Å². The lowest BCUT2D eigenvalue weighted by atomic mass is 9.67. The molecule has 1 amide bonds. The van der Waals surface area contributed by atoms with Crippen molar-refractivity contribution >= 4 is 29.0 Å². The third kappa shape index (κ3) is 14.6. The fraction of sp³-hybridized carbons (Fsp3) is 0.792. The molecule has 0 aromatic carbocycles. The van der Waals surface area contributed by atoms with Crippen LogP contribution in [0.1, 0.15) is 145 Å². The number of piperidine rings is 1. The van der Waals surface area contributed by atoms with Crippen LogP contribution in [0.25, 0.3) is 0 Å². The number of aliphatic hydroxyl groups excluding tert-OH is 2. The first-order chi connectivity index (χ1) is 30.7. The smallest absolute Gasteiger partial charge is 0.293 e. The van der Waals surface area contributed by atoms with Crippen LogP contribution in [0.5, 0.6) is 0 Å². The van der Waals surface area contributed by atoms with Gasteiger partial charge in [-0.05, 0) is 137 Å². The first-order valence-corrected chi connectivity index (χ1v) is 24.9. The van der Waals surface area contributed by atoms with Crippen molar-refractivity contribution in [1.29, 1.82) is 0 Å². The molecule has 12 nitrogen and oxygen atoms in total. The number of carbonyl (C=O) groups is 5. The van der Waals surface area contributed by atoms with Gasteiger partial charge in [-0.3, -0.25) is 24.0 Å². The zero-order chi connectivity index (χ0) is 48.2. The topological polar surface area (TPSA) is 177 Å². The molecule has 5 unspecified atom stereocenters. The third-order valence-electron chi connectivity index (χ3n) is 16.0. The van der Waals surface area contributed by atoms with Crippen molar-refractivity contribution in [2.24, 2.45) is 53.3 Å². The predicted octanol–water partition coefficient (Wildman–Crippen LogP) is 7.59. The summed E-state index contributed by atoms with van der Waals surface area (Å²) in [6.07, 6.45) is 14.1. The molecule has 0 aromatic heterocycles. The highest BCUT2D eigenvalue weighted by atomic mass is 16.5. The molecule has 2 aliphatic carbocycles. The van der Waals surface area contributed by atoms with E-state index < -0.39 is 59.4 Å². The Morgan fingerprint density at radius 3 is 2.17 bits per heavy atom. The van der Waals surface area contributed by atoms with Crippen LogP contribution in [0, 0.1) is 53.3 Å². The minimum Gasteiger partial charge on any atom is -0.390 e. The molecule has 0 spiro atoms. The number of rotatable bonds is 6. The highest BCUT2D eigenvalue weighted by Gasteiger charge is 2.51. The van der Waals surface area contributed by atoms with E-state index >= 15 is 0 Å². The summed E-state index contributed by atoms with van der Waals surface area (Å²) >= 11 is 0. The van der Waals surface area contributed by atoms with E-state index in [4.69, 9.17) is 14.2 Å². The van der Waals surface area contributed by atoms with Gasteiger partial charge in [-0.15, -0.1) is 0 Å². The lowest BCUT2D eigenvalue weighted by Gasteiger charge is -2.43. The summed E-state index contributed by atoms with van der Waals surface area (Å²) in [6, 6.07) is -0.850. The Morgan fingerprint density at radius 1 is 0.785 bits per heavy atom. The Labute approximate surface area is 390 Å². The first-order valence-electron chi connectivity index (χ1n) is 24.9. The van der Waals surface area contributed by atoms with Crippen molar-refractivity contribution < 1.29 is 53.5 Å². The molecule has 2 bridgehead atoms. The van der Waals surface area contributed by atoms with Gasteiger partial charge in [0.1, 0.15) is 17.5 Å². The average molecular weight is 912 g/mol. The quantitative estimate of drug-likeness (QED) is 0.224. The third-order valence-corrected chi connectivity index (χ3v) is 16.0. The van der Waals surface area contributed by atoms with Crippen molar-refractivity contribution in [2.45, 2.75) is 187 Å². The Hall–Kier alpha value is -2.87. The molecular weight excluding hydrogens is 827 g/mol. The minimum absolute atomic E-state index is 0.0401. The standard InChI is InChI=1S/C53H85NO11/c1-32-16-12-11-13-17-33(2)46(63-8)28-40-20-19-38(7)53(62,31-40)51(60)52(61)54-23-15-14-18-42(54)45(57)30-41(34(3)26-39-21-22-43(55)47(27-39)64-9)29-44(56)35(4)25-37(6)49(59)50(65-10)48(58)36(5)24-32/h11-13,16-17,32,34-43,46-47,49-50,55,59,62H,14-15,18-31H2,1-10H3/b13-11?,16-12+,33-17?/t32-,34-,35-,36+,37?,38+,39?,40+,41-,42-,43+,46?,47?,49+,50?,53-/m0/s1. The molecule has 2 heterocycles. The van der Waals surface area contributed by atoms with E-state index in [0.717, 1.165) is 24.8 Å². The fourth-order valence-corrected chi connectivity index (χ4v) is 11.5. The van der Waals surface area contributed by atoms with E-state index in [2.05, 4.69) is 6.92 Å². The number of ketones is 4. The molecule has 4 rings (SSSR count). The summed E-state index contributed by atoms with van der Waals surface area (Å²) in [4.78, 5) is 72.8. The number of Topliss-reactive ketones (excluding diaryl/α,β-unsaturated/α-hetero) is 4. The van der Waals surface area contributed by atoms with E-state index in [0.29, 0.717) is 57.8 Å². The molecule has 2 saturated carbocycles. The number of fused-ring (bicyclic) bond motifs is 3. The number of nitrogens with zero attached hydrogens (tertiary/aromatic N) is 1. The second kappa shape index (κ2) is 25.5. The maximum atomic E-state index is 14.6. The number of hydrogen-bond acceptors (Lipinski definition) is 11. The molecule has 12 heteroatoms. The molecule has 4 aliphatic rings. The van der Waals surface area contributed by atoms with E-state index in [-0.39, 0.29) is 90.9 Å². The van der Waals surface area contributed by atoms with Gasteiger partial charge in [0.25, 0.3) is 11.7 Å². The second-order valence-corrected chi connectivity index (χ2v) is 21.1. The van der Waals surface area contributed by atoms with Gasteiger partial charge >= 0.3 is 0 Å². The summed E-state index contributed by atoms with van der Waals surface area (Å²) in [5.74, 6) is -4.11. The Morgan fingerprint density at radius 2 is 1.49 bits per heavy atom. The van der Waals surface area contributed by atoms with Crippen molar-refractivity contribution in [3.8, 4) is 0 Å². The molecule has 1 saturated heterocycles. The molecule has 3 fully saturated rings. The highest BCUT2D eigenvalue weighted by Crippen LogP contribution is 2.42. The molecule has 2 aliphatic heterocycles. The zero-order valence-corrected chi connectivity index (χ0v) is 41.4. The molecule has 16 atom stereocenters. The van der Waals surface area contributed by atoms with Gasteiger partial charge in [-0.25, -0.2) is 0 Å². The summed E-state index contributed by atoms with van der Waals surface area (Å²) in [6.45, 7) is 13.7. The van der Waals surface area contributed by atoms with Gasteiger partial charge in [0.2, 0.25) is 0 Å². The van der Waals surface area contributed by atoms with Gasteiger partial charge in [0.15, 0.2) is 11.6 Å². The van der Waals surface area contributed by atoms with Crippen LogP contribution in [0.15, 0.2) is 36.0 Å². The molecule has 0 radical (unpaired) electrons. The van der Waals surface area contributed by atoms with Crippen molar-refractivity contribution in [3.05, 3.63) is 36.0 Å². The van der Waals surface area contributed by atoms with Crippen molar-refractivity contribution in [2.75, 3.05) is 27.9 Å². The lowest BCUT2D eigenvalue weighted by Crippen LogP contribution is -2.59. The first kappa shape index (κ1) is 54.7. The predicted molar refractivity (Wildman–Crippen MR) is 252 cm³/mol. The number of ether oxygens (including phenoxy) is 3. The second-order valence-electron chi connectivity index (χ2n) is 21.1. The van der Waals surface area contributed by atoms with E-state index in [9.17, 15) is 39.3 Å². The van der Waals surface area contributed by atoms with Gasteiger partial charge in [-0.1, -0.05) is 71.9 Å². The van der Waals surface area contributed by atoms with E-state index in [1.54, 1.807) is 14.2 Å². The number of amides is 1. The van der Waals surface area contributed by atoms with Crippen LogP contribution >= 0.6 is 0 Å². The van der Waals surface area contributed by atoms with Crippen molar-refractivity contribution in [3.63, 3.8) is 0 Å². The van der Waals surface area contributed by atoms with Crippen LogP contribution in [-0.2, 0) is 38.2 Å². The van der Waals surface area contributed by atoms with Crippen molar-refractivity contribution in [1.82, 2.24) is 4.90 Å². The monoisotopic (exact) mass is 912 g/mol. The Kier molecular flexibility index (Phi) is 21.5. The molecule has 0 aromatic rings. The number of aliphatic hydroxyl groups is 3. The van der Waals surface area contributed by atoms with E-state index in [1.165, 1.54) is 12.0 Å². The maximum absolute atomic E-state index is 14.6. The van der Waals surface area contributed by atoms with Crippen LogP contribution in [0.3, 0.4) is 0 Å².